The van der Waals surface area contributed by atoms with Crippen molar-refractivity contribution in [3.63, 3.8) is 0 Å². The Kier molecular flexibility index (Phi) is 5.53. The normalized spacial score (nSPS) is 22.8. The Bertz CT molecular complexity index is 527. The van der Waals surface area contributed by atoms with E-state index in [4.69, 9.17) is 0 Å². The Labute approximate surface area is 140 Å². The third kappa shape index (κ3) is 4.04. The summed E-state index contributed by atoms with van der Waals surface area (Å²) in [4.78, 5) is 15.1. The molecule has 2 nitrogen and oxygen atoms in total. The van der Waals surface area contributed by atoms with E-state index in [9.17, 15) is 4.79 Å². The number of benzene rings is 1. The van der Waals surface area contributed by atoms with Gasteiger partial charge < -0.3 is 4.90 Å². The number of hydrogen-bond acceptors (Lipinski definition) is 1. The third-order valence-corrected chi connectivity index (χ3v) is 5.63. The zero-order valence-electron chi connectivity index (χ0n) is 14.2. The lowest BCUT2D eigenvalue weighted by Crippen LogP contribution is -2.48. The molecule has 0 aromatic heterocycles. The molecule has 23 heavy (non-hydrogen) atoms. The van der Waals surface area contributed by atoms with Crippen LogP contribution in [0.2, 0.25) is 0 Å². The van der Waals surface area contributed by atoms with Gasteiger partial charge in [-0.3, -0.25) is 4.79 Å². The molecule has 1 amide bonds. The van der Waals surface area contributed by atoms with Gasteiger partial charge in [0, 0.05) is 12.6 Å². The van der Waals surface area contributed by atoms with Gasteiger partial charge in [0.2, 0.25) is 5.91 Å². The zero-order chi connectivity index (χ0) is 16.1. The van der Waals surface area contributed by atoms with Crippen molar-refractivity contribution in [3.8, 4) is 0 Å². The standard InChI is InChI=1S/C21H29NO/c1-2-17-11-13-18(14-12-17)16-21(23)22-15-7-6-10-20(22)19-8-4-3-5-9-19/h2,11-14,19-20H,1,3-10,15-16H2. The fourth-order valence-corrected chi connectivity index (χ4v) is 4.32. The van der Waals surface area contributed by atoms with E-state index in [1.165, 1.54) is 51.4 Å². The molecule has 2 aliphatic rings. The van der Waals surface area contributed by atoms with Crippen molar-refractivity contribution in [1.29, 1.82) is 0 Å². The molecule has 1 saturated heterocycles. The van der Waals surface area contributed by atoms with Gasteiger partial charge in [-0.05, 0) is 49.1 Å². The largest absolute Gasteiger partial charge is 0.339 e. The highest BCUT2D eigenvalue weighted by molar-refractivity contribution is 5.79. The van der Waals surface area contributed by atoms with E-state index in [-0.39, 0.29) is 0 Å². The van der Waals surface area contributed by atoms with Crippen LogP contribution in [0.4, 0.5) is 0 Å². The first-order valence-corrected chi connectivity index (χ1v) is 9.29. The summed E-state index contributed by atoms with van der Waals surface area (Å²) >= 11 is 0. The highest BCUT2D eigenvalue weighted by atomic mass is 16.2. The van der Waals surface area contributed by atoms with Crippen LogP contribution >= 0.6 is 0 Å². The summed E-state index contributed by atoms with van der Waals surface area (Å²) in [7, 11) is 0. The molecule has 3 rings (SSSR count). The van der Waals surface area contributed by atoms with Gasteiger partial charge >= 0.3 is 0 Å². The Balaban J connectivity index is 1.66. The first-order valence-electron chi connectivity index (χ1n) is 9.29. The van der Waals surface area contributed by atoms with Crippen molar-refractivity contribution in [2.24, 2.45) is 5.92 Å². The lowest BCUT2D eigenvalue weighted by Gasteiger charge is -2.42. The average Bonchev–Trinajstić information content (AvgIpc) is 2.63. The van der Waals surface area contributed by atoms with E-state index in [1.807, 2.05) is 18.2 Å². The molecule has 1 unspecified atom stereocenters. The molecule has 1 aromatic carbocycles. The van der Waals surface area contributed by atoms with Gasteiger partial charge in [-0.2, -0.15) is 0 Å². The van der Waals surface area contributed by atoms with Gasteiger partial charge in [0.15, 0.2) is 0 Å². The molecule has 0 N–H and O–H groups in total. The second-order valence-corrected chi connectivity index (χ2v) is 7.17. The minimum Gasteiger partial charge on any atom is -0.339 e. The van der Waals surface area contributed by atoms with E-state index >= 15 is 0 Å². The van der Waals surface area contributed by atoms with Gasteiger partial charge in [-0.25, -0.2) is 0 Å². The van der Waals surface area contributed by atoms with E-state index in [1.54, 1.807) is 0 Å². The summed E-state index contributed by atoms with van der Waals surface area (Å²) < 4.78 is 0. The van der Waals surface area contributed by atoms with Gasteiger partial charge in [0.1, 0.15) is 0 Å². The maximum Gasteiger partial charge on any atom is 0.227 e. The predicted molar refractivity (Wildman–Crippen MR) is 96.2 cm³/mol. The number of carbonyl (C=O) groups is 1. The molecule has 1 heterocycles. The summed E-state index contributed by atoms with van der Waals surface area (Å²) in [6, 6.07) is 8.72. The van der Waals surface area contributed by atoms with Crippen LogP contribution in [-0.4, -0.2) is 23.4 Å². The fraction of sp³-hybridized carbons (Fsp3) is 0.571. The van der Waals surface area contributed by atoms with Crippen LogP contribution in [0.5, 0.6) is 0 Å². The highest BCUT2D eigenvalue weighted by Crippen LogP contribution is 2.34. The Morgan fingerprint density at radius 3 is 2.43 bits per heavy atom. The first kappa shape index (κ1) is 16.3. The molecule has 1 saturated carbocycles. The Morgan fingerprint density at radius 2 is 1.74 bits per heavy atom. The minimum atomic E-state index is 0.326. The number of likely N-dealkylation sites (tertiary alicyclic amines) is 1. The van der Waals surface area contributed by atoms with E-state index in [0.717, 1.165) is 23.6 Å². The van der Waals surface area contributed by atoms with E-state index in [2.05, 4.69) is 23.6 Å². The Morgan fingerprint density at radius 1 is 1.04 bits per heavy atom. The molecule has 124 valence electrons. The van der Waals surface area contributed by atoms with Crippen LogP contribution in [0.1, 0.15) is 62.5 Å². The van der Waals surface area contributed by atoms with E-state index in [0.29, 0.717) is 18.4 Å². The molecule has 2 fully saturated rings. The zero-order valence-corrected chi connectivity index (χ0v) is 14.2. The average molecular weight is 311 g/mol. The number of rotatable bonds is 4. The van der Waals surface area contributed by atoms with Crippen LogP contribution in [0.3, 0.4) is 0 Å². The van der Waals surface area contributed by atoms with Crippen LogP contribution in [0.25, 0.3) is 6.08 Å². The summed E-state index contributed by atoms with van der Waals surface area (Å²) in [5.74, 6) is 1.07. The SMILES string of the molecule is C=Cc1ccc(CC(=O)N2CCCCC2C2CCCCC2)cc1. The monoisotopic (exact) mass is 311 g/mol. The van der Waals surface area contributed by atoms with Crippen molar-refractivity contribution in [2.75, 3.05) is 6.54 Å². The number of carbonyl (C=O) groups excluding carboxylic acids is 1. The first-order chi connectivity index (χ1) is 11.3. The van der Waals surface area contributed by atoms with Crippen molar-refractivity contribution in [2.45, 2.75) is 63.8 Å². The van der Waals surface area contributed by atoms with Crippen molar-refractivity contribution < 1.29 is 4.79 Å². The molecular weight excluding hydrogens is 282 g/mol. The van der Waals surface area contributed by atoms with Gasteiger partial charge in [0.05, 0.1) is 6.42 Å². The number of piperidine rings is 1. The minimum absolute atomic E-state index is 0.326. The maximum atomic E-state index is 12.9. The molecule has 0 radical (unpaired) electrons. The van der Waals surface area contributed by atoms with Gasteiger partial charge in [-0.15, -0.1) is 0 Å². The quantitative estimate of drug-likeness (QED) is 0.779. The molecule has 0 bridgehead atoms. The van der Waals surface area contributed by atoms with Crippen molar-refractivity contribution >= 4 is 12.0 Å². The van der Waals surface area contributed by atoms with Crippen LogP contribution < -0.4 is 0 Å². The number of amides is 1. The fourth-order valence-electron chi connectivity index (χ4n) is 4.32. The van der Waals surface area contributed by atoms with E-state index < -0.39 is 0 Å². The predicted octanol–water partition coefficient (Wildman–Crippen LogP) is 4.83. The van der Waals surface area contributed by atoms with Crippen LogP contribution in [0.15, 0.2) is 30.8 Å². The van der Waals surface area contributed by atoms with Gasteiger partial charge in [-0.1, -0.05) is 56.2 Å². The topological polar surface area (TPSA) is 20.3 Å². The number of hydrogen-bond donors (Lipinski definition) is 0. The molecule has 1 aliphatic carbocycles. The number of nitrogens with zero attached hydrogens (tertiary/aromatic N) is 1. The smallest absolute Gasteiger partial charge is 0.227 e. The molecule has 1 aliphatic heterocycles. The second-order valence-electron chi connectivity index (χ2n) is 7.17. The molecule has 1 aromatic rings. The summed E-state index contributed by atoms with van der Waals surface area (Å²) in [6.07, 6.45) is 12.8. The second kappa shape index (κ2) is 7.81. The molecule has 0 spiro atoms. The summed E-state index contributed by atoms with van der Waals surface area (Å²) in [5, 5.41) is 0. The molecule has 1 atom stereocenters. The summed E-state index contributed by atoms with van der Waals surface area (Å²) in [6.45, 7) is 4.74. The lowest BCUT2D eigenvalue weighted by atomic mass is 9.80. The van der Waals surface area contributed by atoms with Crippen LogP contribution in [-0.2, 0) is 11.2 Å². The molecular formula is C21H29NO. The van der Waals surface area contributed by atoms with Crippen molar-refractivity contribution in [1.82, 2.24) is 4.90 Å². The van der Waals surface area contributed by atoms with Crippen LogP contribution in [0, 0.1) is 5.92 Å². The third-order valence-electron chi connectivity index (χ3n) is 5.63. The lowest BCUT2D eigenvalue weighted by molar-refractivity contribution is -0.135. The summed E-state index contributed by atoms with van der Waals surface area (Å²) in [5.41, 5.74) is 2.23. The van der Waals surface area contributed by atoms with Crippen molar-refractivity contribution in [3.05, 3.63) is 42.0 Å². The highest BCUT2D eigenvalue weighted by Gasteiger charge is 2.33. The molecule has 2 heteroatoms. The van der Waals surface area contributed by atoms with Gasteiger partial charge in [0.25, 0.3) is 0 Å². The Hall–Kier alpha value is -1.57. The maximum absolute atomic E-state index is 12.9.